The second-order valence-electron chi connectivity index (χ2n) is 8.28. The molecule has 1 fully saturated rings. The fourth-order valence-electron chi connectivity index (χ4n) is 3.65. The van der Waals surface area contributed by atoms with Gasteiger partial charge in [0.15, 0.2) is 17.5 Å². The van der Waals surface area contributed by atoms with Crippen LogP contribution >= 0.6 is 24.0 Å². The SMILES string of the molecule is CN=C(NCc1ccc(CN2CCN(C)CC2)cc1)NCC(C)Oc1ccccc1OC.I. The van der Waals surface area contributed by atoms with Gasteiger partial charge in [-0.25, -0.2) is 0 Å². The Kier molecular flexibility index (Phi) is 11.8. The number of rotatable bonds is 9. The quantitative estimate of drug-likeness (QED) is 0.276. The minimum atomic E-state index is -0.0429. The Hall–Kier alpha value is -2.04. The molecule has 2 aromatic rings. The summed E-state index contributed by atoms with van der Waals surface area (Å²) in [5.41, 5.74) is 2.59. The molecule has 1 heterocycles. The molecule has 0 aliphatic carbocycles. The average Bonchev–Trinajstić information content (AvgIpc) is 2.82. The van der Waals surface area contributed by atoms with E-state index in [1.54, 1.807) is 14.2 Å². The van der Waals surface area contributed by atoms with Crippen molar-refractivity contribution in [3.8, 4) is 11.5 Å². The summed E-state index contributed by atoms with van der Waals surface area (Å²) in [4.78, 5) is 9.23. The van der Waals surface area contributed by atoms with Crippen molar-refractivity contribution < 1.29 is 9.47 Å². The molecule has 1 atom stereocenters. The van der Waals surface area contributed by atoms with Crippen molar-refractivity contribution in [1.82, 2.24) is 20.4 Å². The molecule has 0 aromatic heterocycles. The number of nitrogens with zero attached hydrogens (tertiary/aromatic N) is 3. The molecule has 7 nitrogen and oxygen atoms in total. The van der Waals surface area contributed by atoms with E-state index in [1.165, 1.54) is 11.1 Å². The van der Waals surface area contributed by atoms with Gasteiger partial charge in [0.05, 0.1) is 13.7 Å². The molecule has 0 amide bonds. The lowest BCUT2D eigenvalue weighted by molar-refractivity contribution is 0.148. The normalized spacial score (nSPS) is 15.9. The summed E-state index contributed by atoms with van der Waals surface area (Å²) < 4.78 is 11.3. The maximum absolute atomic E-state index is 6.00. The number of hydrogen-bond donors (Lipinski definition) is 2. The molecule has 1 aliphatic rings. The summed E-state index contributed by atoms with van der Waals surface area (Å²) in [6.45, 7) is 8.97. The second-order valence-corrected chi connectivity index (χ2v) is 8.28. The van der Waals surface area contributed by atoms with Crippen molar-refractivity contribution in [3.63, 3.8) is 0 Å². The Morgan fingerprint density at radius 3 is 2.24 bits per heavy atom. The number of hydrogen-bond acceptors (Lipinski definition) is 5. The van der Waals surface area contributed by atoms with Crippen molar-refractivity contribution in [2.75, 3.05) is 53.9 Å². The molecule has 0 radical (unpaired) electrons. The van der Waals surface area contributed by atoms with E-state index in [1.807, 2.05) is 31.2 Å². The summed E-state index contributed by atoms with van der Waals surface area (Å²) in [5, 5.41) is 6.70. The zero-order chi connectivity index (χ0) is 22.8. The molecule has 0 bridgehead atoms. The van der Waals surface area contributed by atoms with E-state index < -0.39 is 0 Å². The number of benzene rings is 2. The van der Waals surface area contributed by atoms with Crippen LogP contribution in [0.4, 0.5) is 0 Å². The molecule has 182 valence electrons. The van der Waals surface area contributed by atoms with E-state index in [-0.39, 0.29) is 30.1 Å². The predicted molar refractivity (Wildman–Crippen MR) is 146 cm³/mol. The Morgan fingerprint density at radius 2 is 1.61 bits per heavy atom. The number of halogens is 1. The topological polar surface area (TPSA) is 61.4 Å². The number of ether oxygens (including phenoxy) is 2. The van der Waals surface area contributed by atoms with Crippen LogP contribution in [-0.2, 0) is 13.1 Å². The lowest BCUT2D eigenvalue weighted by Gasteiger charge is -2.32. The van der Waals surface area contributed by atoms with Crippen LogP contribution in [0, 0.1) is 0 Å². The zero-order valence-corrected chi connectivity index (χ0v) is 22.5. The third-order valence-electron chi connectivity index (χ3n) is 5.66. The van der Waals surface area contributed by atoms with Gasteiger partial charge in [-0.2, -0.15) is 0 Å². The third kappa shape index (κ3) is 9.02. The first-order valence-corrected chi connectivity index (χ1v) is 11.3. The van der Waals surface area contributed by atoms with Crippen LogP contribution in [-0.4, -0.2) is 75.8 Å². The minimum Gasteiger partial charge on any atom is -0.493 e. The highest BCUT2D eigenvalue weighted by Gasteiger charge is 2.14. The molecular weight excluding hydrogens is 529 g/mol. The van der Waals surface area contributed by atoms with Crippen molar-refractivity contribution in [1.29, 1.82) is 0 Å². The van der Waals surface area contributed by atoms with Gasteiger partial charge in [-0.15, -0.1) is 24.0 Å². The van der Waals surface area contributed by atoms with Gasteiger partial charge in [0.1, 0.15) is 6.10 Å². The van der Waals surface area contributed by atoms with Crippen LogP contribution in [0.3, 0.4) is 0 Å². The maximum atomic E-state index is 6.00. The second kappa shape index (κ2) is 14.3. The first kappa shape index (κ1) is 27.2. The number of methoxy groups -OCH3 is 1. The number of aliphatic imine (C=N–C) groups is 1. The van der Waals surface area contributed by atoms with Crippen molar-refractivity contribution in [2.45, 2.75) is 26.1 Å². The number of likely N-dealkylation sites (N-methyl/N-ethyl adjacent to an activating group) is 1. The summed E-state index contributed by atoms with van der Waals surface area (Å²) in [6, 6.07) is 16.5. The molecule has 0 saturated carbocycles. The molecule has 33 heavy (non-hydrogen) atoms. The van der Waals surface area contributed by atoms with Gasteiger partial charge in [0.2, 0.25) is 0 Å². The van der Waals surface area contributed by atoms with Crippen molar-refractivity contribution >= 4 is 29.9 Å². The van der Waals surface area contributed by atoms with E-state index >= 15 is 0 Å². The van der Waals surface area contributed by atoms with Crippen LogP contribution in [0.5, 0.6) is 11.5 Å². The van der Waals surface area contributed by atoms with E-state index in [2.05, 4.69) is 56.7 Å². The smallest absolute Gasteiger partial charge is 0.191 e. The van der Waals surface area contributed by atoms with Crippen LogP contribution in [0.2, 0.25) is 0 Å². The first-order chi connectivity index (χ1) is 15.6. The molecule has 2 N–H and O–H groups in total. The highest BCUT2D eigenvalue weighted by molar-refractivity contribution is 14.0. The summed E-state index contributed by atoms with van der Waals surface area (Å²) >= 11 is 0. The zero-order valence-electron chi connectivity index (χ0n) is 20.2. The Bertz CT molecular complexity index is 854. The molecule has 1 saturated heterocycles. The predicted octanol–water partition coefficient (Wildman–Crippen LogP) is 3.19. The van der Waals surface area contributed by atoms with Crippen LogP contribution in [0.15, 0.2) is 53.5 Å². The third-order valence-corrected chi connectivity index (χ3v) is 5.66. The lowest BCUT2D eigenvalue weighted by atomic mass is 10.1. The molecular formula is C25H38IN5O2. The average molecular weight is 568 g/mol. The summed E-state index contributed by atoms with van der Waals surface area (Å²) in [6.07, 6.45) is -0.0429. The molecule has 3 rings (SSSR count). The van der Waals surface area contributed by atoms with Gasteiger partial charge in [-0.1, -0.05) is 36.4 Å². The number of nitrogens with one attached hydrogen (secondary N) is 2. The van der Waals surface area contributed by atoms with Crippen LogP contribution in [0.25, 0.3) is 0 Å². The Morgan fingerprint density at radius 1 is 0.970 bits per heavy atom. The fraction of sp³-hybridized carbons (Fsp3) is 0.480. The van der Waals surface area contributed by atoms with Gasteiger partial charge in [-0.3, -0.25) is 9.89 Å². The van der Waals surface area contributed by atoms with Crippen molar-refractivity contribution in [3.05, 3.63) is 59.7 Å². The van der Waals surface area contributed by atoms with E-state index in [9.17, 15) is 0 Å². The maximum Gasteiger partial charge on any atom is 0.191 e. The van der Waals surface area contributed by atoms with Gasteiger partial charge in [0, 0.05) is 46.3 Å². The largest absolute Gasteiger partial charge is 0.493 e. The standard InChI is InChI=1S/C25H37N5O2.HI/c1-20(32-24-8-6-5-7-23(24)31-4)17-27-25(26-2)28-18-21-9-11-22(12-10-21)19-30-15-13-29(3)14-16-30;/h5-12,20H,13-19H2,1-4H3,(H2,26,27,28);1H. The molecule has 1 aliphatic heterocycles. The summed E-state index contributed by atoms with van der Waals surface area (Å²) in [7, 11) is 5.62. The fourth-order valence-corrected chi connectivity index (χ4v) is 3.65. The molecule has 2 aromatic carbocycles. The molecule has 8 heteroatoms. The lowest BCUT2D eigenvalue weighted by Crippen LogP contribution is -2.43. The molecule has 0 spiro atoms. The number of piperazine rings is 1. The van der Waals surface area contributed by atoms with E-state index in [4.69, 9.17) is 9.47 Å². The monoisotopic (exact) mass is 567 g/mol. The Balaban J connectivity index is 0.00000385. The van der Waals surface area contributed by atoms with Crippen LogP contribution in [0.1, 0.15) is 18.1 Å². The highest BCUT2D eigenvalue weighted by Crippen LogP contribution is 2.26. The van der Waals surface area contributed by atoms with E-state index in [0.717, 1.165) is 56.7 Å². The van der Waals surface area contributed by atoms with Crippen LogP contribution < -0.4 is 20.1 Å². The Labute approximate surface area is 215 Å². The van der Waals surface area contributed by atoms with Gasteiger partial charge >= 0.3 is 0 Å². The van der Waals surface area contributed by atoms with Gasteiger partial charge in [-0.05, 0) is 37.2 Å². The minimum absolute atomic E-state index is 0. The summed E-state index contributed by atoms with van der Waals surface area (Å²) in [5.74, 6) is 2.23. The van der Waals surface area contributed by atoms with Gasteiger partial charge in [0.25, 0.3) is 0 Å². The number of para-hydroxylation sites is 2. The first-order valence-electron chi connectivity index (χ1n) is 11.3. The number of guanidine groups is 1. The van der Waals surface area contributed by atoms with E-state index in [0.29, 0.717) is 6.54 Å². The molecule has 1 unspecified atom stereocenters. The highest BCUT2D eigenvalue weighted by atomic mass is 127. The van der Waals surface area contributed by atoms with Crippen molar-refractivity contribution in [2.24, 2.45) is 4.99 Å². The van der Waals surface area contributed by atoms with Gasteiger partial charge < -0.3 is 25.0 Å².